The minimum Gasteiger partial charge on any atom is -0.459 e. The molecule has 0 spiro atoms. The number of furan rings is 1. The zero-order chi connectivity index (χ0) is 19.4. The lowest BCUT2D eigenvalue weighted by Crippen LogP contribution is -2.42. The summed E-state index contributed by atoms with van der Waals surface area (Å²) in [5.74, 6) is 0.646. The molecule has 4 N–H and O–H groups in total. The van der Waals surface area contributed by atoms with Crippen molar-refractivity contribution >= 4 is 18.0 Å². The van der Waals surface area contributed by atoms with Crippen LogP contribution in [0.15, 0.2) is 27.8 Å². The summed E-state index contributed by atoms with van der Waals surface area (Å²) < 4.78 is 10.2. The average Bonchev–Trinajstić information content (AvgIpc) is 3.09. The summed E-state index contributed by atoms with van der Waals surface area (Å²) in [6.45, 7) is 7.54. The molecule has 9 nitrogen and oxygen atoms in total. The van der Waals surface area contributed by atoms with E-state index in [0.717, 1.165) is 6.42 Å². The van der Waals surface area contributed by atoms with Crippen molar-refractivity contribution in [2.45, 2.75) is 32.8 Å². The van der Waals surface area contributed by atoms with Crippen molar-refractivity contribution in [1.29, 1.82) is 0 Å². The molecular formula is C17H29N5O4. The summed E-state index contributed by atoms with van der Waals surface area (Å²) in [5.41, 5.74) is -0.499. The van der Waals surface area contributed by atoms with Crippen molar-refractivity contribution in [3.05, 3.63) is 24.2 Å². The molecule has 0 unspecified atom stereocenters. The Morgan fingerprint density at radius 3 is 2.35 bits per heavy atom. The van der Waals surface area contributed by atoms with Gasteiger partial charge in [0.2, 0.25) is 0 Å². The maximum atomic E-state index is 11.7. The molecule has 1 aromatic heterocycles. The molecule has 146 valence electrons. The van der Waals surface area contributed by atoms with E-state index in [1.54, 1.807) is 19.2 Å². The molecule has 0 aromatic carbocycles. The molecule has 0 fully saturated rings. The minimum atomic E-state index is -0.499. The van der Waals surface area contributed by atoms with Gasteiger partial charge >= 0.3 is 6.09 Å². The maximum absolute atomic E-state index is 11.7. The average molecular weight is 367 g/mol. The van der Waals surface area contributed by atoms with E-state index in [2.05, 4.69) is 26.3 Å². The first-order chi connectivity index (χ1) is 12.3. The van der Waals surface area contributed by atoms with Crippen LogP contribution in [-0.4, -0.2) is 56.8 Å². The zero-order valence-corrected chi connectivity index (χ0v) is 15.8. The number of rotatable bonds is 8. The zero-order valence-electron chi connectivity index (χ0n) is 15.8. The second kappa shape index (κ2) is 11.0. The highest BCUT2D eigenvalue weighted by atomic mass is 16.6. The number of ether oxygens (including phenoxy) is 1. The van der Waals surface area contributed by atoms with E-state index in [1.165, 1.54) is 6.26 Å². The highest BCUT2D eigenvalue weighted by Gasteiger charge is 2.15. The summed E-state index contributed by atoms with van der Waals surface area (Å²) in [5, 5.41) is 11.6. The van der Waals surface area contributed by atoms with E-state index in [9.17, 15) is 9.59 Å². The molecule has 0 aliphatic heterocycles. The SMILES string of the molecule is CN=C(NCCCNC(=O)OC(C)(C)C)NCCNC(=O)c1ccco1. The number of carbonyl (C=O) groups excluding carboxylic acids is 2. The van der Waals surface area contributed by atoms with Crippen LogP contribution in [0.1, 0.15) is 37.7 Å². The number of aliphatic imine (C=N–C) groups is 1. The number of amides is 2. The van der Waals surface area contributed by atoms with Gasteiger partial charge in [-0.25, -0.2) is 4.79 Å². The number of hydrogen-bond donors (Lipinski definition) is 4. The largest absolute Gasteiger partial charge is 0.459 e. The van der Waals surface area contributed by atoms with Crippen molar-refractivity contribution in [2.75, 3.05) is 33.2 Å². The van der Waals surface area contributed by atoms with Crippen LogP contribution >= 0.6 is 0 Å². The lowest BCUT2D eigenvalue weighted by molar-refractivity contribution is 0.0527. The van der Waals surface area contributed by atoms with Gasteiger partial charge in [0.1, 0.15) is 5.60 Å². The van der Waals surface area contributed by atoms with Gasteiger partial charge in [0.25, 0.3) is 5.91 Å². The summed E-state index contributed by atoms with van der Waals surface area (Å²) >= 11 is 0. The number of nitrogens with zero attached hydrogens (tertiary/aromatic N) is 1. The van der Waals surface area contributed by atoms with Crippen LogP contribution in [0.25, 0.3) is 0 Å². The van der Waals surface area contributed by atoms with Gasteiger partial charge in [-0.15, -0.1) is 0 Å². The topological polar surface area (TPSA) is 117 Å². The predicted octanol–water partition coefficient (Wildman–Crippen LogP) is 1.09. The Morgan fingerprint density at radius 2 is 1.73 bits per heavy atom. The van der Waals surface area contributed by atoms with Gasteiger partial charge in [-0.1, -0.05) is 0 Å². The highest BCUT2D eigenvalue weighted by Crippen LogP contribution is 2.06. The first-order valence-corrected chi connectivity index (χ1v) is 8.55. The quantitative estimate of drug-likeness (QED) is 0.310. The third-order valence-electron chi connectivity index (χ3n) is 2.99. The van der Waals surface area contributed by atoms with Crippen molar-refractivity contribution in [3.8, 4) is 0 Å². The first-order valence-electron chi connectivity index (χ1n) is 8.55. The molecular weight excluding hydrogens is 338 g/mol. The van der Waals surface area contributed by atoms with E-state index in [-0.39, 0.29) is 11.7 Å². The van der Waals surface area contributed by atoms with E-state index in [4.69, 9.17) is 9.15 Å². The molecule has 1 aromatic rings. The number of guanidine groups is 1. The number of alkyl carbamates (subject to hydrolysis) is 1. The van der Waals surface area contributed by atoms with Gasteiger partial charge < -0.3 is 30.4 Å². The Kier molecular flexibility index (Phi) is 9.04. The fourth-order valence-corrected chi connectivity index (χ4v) is 1.87. The van der Waals surface area contributed by atoms with Crippen LogP contribution < -0.4 is 21.3 Å². The molecule has 0 saturated carbocycles. The molecule has 0 atom stereocenters. The predicted molar refractivity (Wildman–Crippen MR) is 99.3 cm³/mol. The molecule has 2 amide bonds. The van der Waals surface area contributed by atoms with Gasteiger partial charge in [0.15, 0.2) is 11.7 Å². The van der Waals surface area contributed by atoms with Gasteiger partial charge in [0.05, 0.1) is 6.26 Å². The third kappa shape index (κ3) is 9.55. The second-order valence-corrected chi connectivity index (χ2v) is 6.44. The fourth-order valence-electron chi connectivity index (χ4n) is 1.87. The molecule has 0 saturated heterocycles. The van der Waals surface area contributed by atoms with Crippen molar-refractivity contribution in [2.24, 2.45) is 4.99 Å². The Bertz CT molecular complexity index is 578. The van der Waals surface area contributed by atoms with Crippen LogP contribution in [0.2, 0.25) is 0 Å². The molecule has 9 heteroatoms. The first kappa shape index (κ1) is 21.3. The number of nitrogens with one attached hydrogen (secondary N) is 4. The normalized spacial score (nSPS) is 11.6. The Labute approximate surface area is 154 Å². The summed E-state index contributed by atoms with van der Waals surface area (Å²) in [6, 6.07) is 3.27. The lowest BCUT2D eigenvalue weighted by Gasteiger charge is -2.19. The van der Waals surface area contributed by atoms with Crippen LogP contribution in [0.3, 0.4) is 0 Å². The molecule has 0 bridgehead atoms. The monoisotopic (exact) mass is 367 g/mol. The Hall–Kier alpha value is -2.71. The number of hydrogen-bond acceptors (Lipinski definition) is 5. The van der Waals surface area contributed by atoms with Crippen LogP contribution in [0, 0.1) is 0 Å². The van der Waals surface area contributed by atoms with Gasteiger partial charge in [-0.05, 0) is 39.3 Å². The lowest BCUT2D eigenvalue weighted by atomic mass is 10.2. The maximum Gasteiger partial charge on any atom is 0.407 e. The van der Waals surface area contributed by atoms with Crippen LogP contribution in [-0.2, 0) is 4.74 Å². The van der Waals surface area contributed by atoms with Gasteiger partial charge in [-0.2, -0.15) is 0 Å². The van der Waals surface area contributed by atoms with Crippen molar-refractivity contribution in [3.63, 3.8) is 0 Å². The van der Waals surface area contributed by atoms with Gasteiger partial charge in [0, 0.05) is 33.2 Å². The summed E-state index contributed by atoms with van der Waals surface area (Å²) in [4.78, 5) is 27.3. The molecule has 1 heterocycles. The Balaban J connectivity index is 2.08. The molecule has 0 radical (unpaired) electrons. The molecule has 0 aliphatic rings. The van der Waals surface area contributed by atoms with Crippen LogP contribution in [0.4, 0.5) is 4.79 Å². The third-order valence-corrected chi connectivity index (χ3v) is 2.99. The minimum absolute atomic E-state index is 0.257. The van der Waals surface area contributed by atoms with Crippen LogP contribution in [0.5, 0.6) is 0 Å². The van der Waals surface area contributed by atoms with Crippen molar-refractivity contribution in [1.82, 2.24) is 21.3 Å². The van der Waals surface area contributed by atoms with E-state index < -0.39 is 11.7 Å². The van der Waals surface area contributed by atoms with Gasteiger partial charge in [-0.3, -0.25) is 9.79 Å². The van der Waals surface area contributed by atoms with Crippen molar-refractivity contribution < 1.29 is 18.7 Å². The fraction of sp³-hybridized carbons (Fsp3) is 0.588. The second-order valence-electron chi connectivity index (χ2n) is 6.44. The molecule has 26 heavy (non-hydrogen) atoms. The highest BCUT2D eigenvalue weighted by molar-refractivity contribution is 5.91. The Morgan fingerprint density at radius 1 is 1.08 bits per heavy atom. The van der Waals surface area contributed by atoms with E-state index in [1.807, 2.05) is 20.8 Å². The van der Waals surface area contributed by atoms with E-state index in [0.29, 0.717) is 32.1 Å². The smallest absolute Gasteiger partial charge is 0.407 e. The molecule has 0 aliphatic carbocycles. The number of carbonyl (C=O) groups is 2. The van der Waals surface area contributed by atoms with E-state index >= 15 is 0 Å². The standard InChI is InChI=1S/C17H29N5O4/c1-17(2,3)26-16(24)22-9-6-8-20-15(18-4)21-11-10-19-14(23)13-7-5-12-25-13/h5,7,12H,6,8-11H2,1-4H3,(H,19,23)(H,22,24)(H2,18,20,21). The summed E-state index contributed by atoms with van der Waals surface area (Å²) in [7, 11) is 1.66. The summed E-state index contributed by atoms with van der Waals surface area (Å²) in [6.07, 6.45) is 1.75. The molecule has 1 rings (SSSR count).